The Balaban J connectivity index is 1.89. The molecule has 0 spiro atoms. The second-order valence-corrected chi connectivity index (χ2v) is 4.93. The van der Waals surface area contributed by atoms with Crippen LogP contribution in [0.2, 0.25) is 0 Å². The van der Waals surface area contributed by atoms with Crippen LogP contribution in [0.25, 0.3) is 0 Å². The van der Waals surface area contributed by atoms with Crippen LogP contribution in [-0.2, 0) is 9.59 Å². The topological polar surface area (TPSA) is 46.6 Å². The number of carbonyl (C=O) groups excluding carboxylic acids is 2. The molecule has 0 aromatic heterocycles. The predicted octanol–water partition coefficient (Wildman–Crippen LogP) is 2.74. The number of para-hydroxylation sites is 1. The molecule has 1 aliphatic heterocycles. The molecular formula is C17H15NO3. The minimum absolute atomic E-state index is 0.160. The number of ether oxygens (including phenoxy) is 1. The summed E-state index contributed by atoms with van der Waals surface area (Å²) in [6.45, 7) is 0. The summed E-state index contributed by atoms with van der Waals surface area (Å²) in [6, 6.07) is 16.3. The van der Waals surface area contributed by atoms with Crippen LogP contribution in [0.3, 0.4) is 0 Å². The minimum atomic E-state index is -0.413. The number of benzene rings is 2. The Labute approximate surface area is 123 Å². The normalized spacial score (nSPS) is 18.1. The molecule has 106 valence electrons. The summed E-state index contributed by atoms with van der Waals surface area (Å²) in [6.07, 6.45) is 0.208. The summed E-state index contributed by atoms with van der Waals surface area (Å²) in [5.74, 6) is -0.0116. The fraction of sp³-hybridized carbons (Fsp3) is 0.176. The van der Waals surface area contributed by atoms with Crippen molar-refractivity contribution in [1.29, 1.82) is 0 Å². The third-order valence-corrected chi connectivity index (χ3v) is 3.68. The van der Waals surface area contributed by atoms with Crippen molar-refractivity contribution in [3.05, 3.63) is 60.2 Å². The second-order valence-electron chi connectivity index (χ2n) is 4.93. The van der Waals surface area contributed by atoms with E-state index in [2.05, 4.69) is 0 Å². The maximum Gasteiger partial charge on any atom is 0.241 e. The zero-order chi connectivity index (χ0) is 14.8. The van der Waals surface area contributed by atoms with Gasteiger partial charge in [0.2, 0.25) is 11.8 Å². The third-order valence-electron chi connectivity index (χ3n) is 3.68. The zero-order valence-corrected chi connectivity index (χ0v) is 11.7. The minimum Gasteiger partial charge on any atom is -0.497 e. The van der Waals surface area contributed by atoms with Crippen LogP contribution in [0.5, 0.6) is 5.75 Å². The Morgan fingerprint density at radius 1 is 1.00 bits per heavy atom. The third kappa shape index (κ3) is 2.40. The van der Waals surface area contributed by atoms with E-state index in [0.29, 0.717) is 5.69 Å². The highest BCUT2D eigenvalue weighted by Gasteiger charge is 2.40. The standard InChI is InChI=1S/C17H15NO3/c1-21-14-9-7-12(8-10-14)15-11-16(19)18(17(15)20)13-5-3-2-4-6-13/h2-10,15H,11H2,1H3. The van der Waals surface area contributed by atoms with Crippen LogP contribution in [0.1, 0.15) is 17.9 Å². The molecule has 1 atom stereocenters. The Bertz CT molecular complexity index is 664. The summed E-state index contributed by atoms with van der Waals surface area (Å²) < 4.78 is 5.11. The van der Waals surface area contributed by atoms with E-state index in [1.807, 2.05) is 30.3 Å². The molecule has 2 aromatic carbocycles. The van der Waals surface area contributed by atoms with Crippen molar-refractivity contribution in [2.75, 3.05) is 12.0 Å². The number of amides is 2. The van der Waals surface area contributed by atoms with Crippen LogP contribution < -0.4 is 9.64 Å². The SMILES string of the molecule is COc1ccc(C2CC(=O)N(c3ccccc3)C2=O)cc1. The number of anilines is 1. The van der Waals surface area contributed by atoms with E-state index >= 15 is 0 Å². The molecule has 1 heterocycles. The number of methoxy groups -OCH3 is 1. The number of nitrogens with zero attached hydrogens (tertiary/aromatic N) is 1. The molecule has 0 radical (unpaired) electrons. The molecule has 4 nitrogen and oxygen atoms in total. The van der Waals surface area contributed by atoms with Gasteiger partial charge in [0.25, 0.3) is 0 Å². The molecule has 4 heteroatoms. The molecule has 2 aromatic rings. The average molecular weight is 281 g/mol. The summed E-state index contributed by atoms with van der Waals surface area (Å²) in [5.41, 5.74) is 1.47. The first-order valence-electron chi connectivity index (χ1n) is 6.76. The molecule has 2 amide bonds. The van der Waals surface area contributed by atoms with Crippen LogP contribution in [0.15, 0.2) is 54.6 Å². The van der Waals surface area contributed by atoms with Gasteiger partial charge < -0.3 is 4.74 Å². The van der Waals surface area contributed by atoms with E-state index in [9.17, 15) is 9.59 Å². The maximum absolute atomic E-state index is 12.5. The van der Waals surface area contributed by atoms with E-state index in [0.717, 1.165) is 11.3 Å². The lowest BCUT2D eigenvalue weighted by Crippen LogP contribution is -2.29. The van der Waals surface area contributed by atoms with Crippen LogP contribution in [0, 0.1) is 0 Å². The smallest absolute Gasteiger partial charge is 0.241 e. The molecule has 0 saturated carbocycles. The average Bonchev–Trinajstić information content (AvgIpc) is 2.83. The lowest BCUT2D eigenvalue weighted by Gasteiger charge is -2.15. The summed E-state index contributed by atoms with van der Waals surface area (Å²) in [5, 5.41) is 0. The molecule has 21 heavy (non-hydrogen) atoms. The first-order chi connectivity index (χ1) is 10.2. The molecule has 3 rings (SSSR count). The van der Waals surface area contributed by atoms with Crippen LogP contribution >= 0.6 is 0 Å². The van der Waals surface area contributed by atoms with Crippen molar-refractivity contribution in [2.24, 2.45) is 0 Å². The number of hydrogen-bond acceptors (Lipinski definition) is 3. The summed E-state index contributed by atoms with van der Waals surface area (Å²) >= 11 is 0. The summed E-state index contributed by atoms with van der Waals surface area (Å²) in [4.78, 5) is 26.0. The van der Waals surface area contributed by atoms with Gasteiger partial charge in [0.05, 0.1) is 18.7 Å². The summed E-state index contributed by atoms with van der Waals surface area (Å²) in [7, 11) is 1.59. The van der Waals surface area contributed by atoms with Crippen molar-refractivity contribution in [2.45, 2.75) is 12.3 Å². The van der Waals surface area contributed by atoms with E-state index in [1.165, 1.54) is 4.90 Å². The maximum atomic E-state index is 12.5. The van der Waals surface area contributed by atoms with Gasteiger partial charge in [0, 0.05) is 6.42 Å². The van der Waals surface area contributed by atoms with Crippen molar-refractivity contribution in [3.8, 4) is 5.75 Å². The largest absolute Gasteiger partial charge is 0.497 e. The molecule has 1 aliphatic rings. The van der Waals surface area contributed by atoms with Gasteiger partial charge in [-0.3, -0.25) is 14.5 Å². The zero-order valence-electron chi connectivity index (χ0n) is 11.7. The molecule has 0 bridgehead atoms. The lowest BCUT2D eigenvalue weighted by atomic mass is 9.97. The predicted molar refractivity (Wildman–Crippen MR) is 79.3 cm³/mol. The quantitative estimate of drug-likeness (QED) is 0.813. The van der Waals surface area contributed by atoms with Gasteiger partial charge >= 0.3 is 0 Å². The van der Waals surface area contributed by atoms with Crippen LogP contribution in [0.4, 0.5) is 5.69 Å². The molecule has 1 fully saturated rings. The number of hydrogen-bond donors (Lipinski definition) is 0. The van der Waals surface area contributed by atoms with E-state index < -0.39 is 5.92 Å². The van der Waals surface area contributed by atoms with Crippen molar-refractivity contribution in [3.63, 3.8) is 0 Å². The van der Waals surface area contributed by atoms with Crippen molar-refractivity contribution in [1.82, 2.24) is 0 Å². The number of rotatable bonds is 3. The Morgan fingerprint density at radius 2 is 1.67 bits per heavy atom. The van der Waals surface area contributed by atoms with E-state index in [1.54, 1.807) is 31.4 Å². The molecule has 0 aliphatic carbocycles. The fourth-order valence-electron chi connectivity index (χ4n) is 2.58. The molecule has 1 saturated heterocycles. The van der Waals surface area contributed by atoms with Gasteiger partial charge in [-0.25, -0.2) is 0 Å². The molecule has 0 N–H and O–H groups in total. The van der Waals surface area contributed by atoms with Gasteiger partial charge in [0.15, 0.2) is 0 Å². The second kappa shape index (κ2) is 5.40. The van der Waals surface area contributed by atoms with Gasteiger partial charge in [0.1, 0.15) is 5.75 Å². The number of imide groups is 1. The van der Waals surface area contributed by atoms with E-state index in [-0.39, 0.29) is 18.2 Å². The Morgan fingerprint density at radius 3 is 2.29 bits per heavy atom. The fourth-order valence-corrected chi connectivity index (χ4v) is 2.58. The van der Waals surface area contributed by atoms with Gasteiger partial charge in [-0.05, 0) is 29.8 Å². The molecule has 1 unspecified atom stereocenters. The first kappa shape index (κ1) is 13.4. The Hall–Kier alpha value is -2.62. The first-order valence-corrected chi connectivity index (χ1v) is 6.76. The highest BCUT2D eigenvalue weighted by molar-refractivity contribution is 6.22. The van der Waals surface area contributed by atoms with Crippen molar-refractivity contribution < 1.29 is 14.3 Å². The van der Waals surface area contributed by atoms with Gasteiger partial charge in [-0.2, -0.15) is 0 Å². The Kier molecular flexibility index (Phi) is 3.44. The van der Waals surface area contributed by atoms with Crippen LogP contribution in [-0.4, -0.2) is 18.9 Å². The highest BCUT2D eigenvalue weighted by Crippen LogP contribution is 2.33. The monoisotopic (exact) mass is 281 g/mol. The number of carbonyl (C=O) groups is 2. The van der Waals surface area contributed by atoms with E-state index in [4.69, 9.17) is 4.74 Å². The lowest BCUT2D eigenvalue weighted by molar-refractivity contribution is -0.121. The molecular weight excluding hydrogens is 266 g/mol. The van der Waals surface area contributed by atoms with Gasteiger partial charge in [-0.15, -0.1) is 0 Å². The highest BCUT2D eigenvalue weighted by atomic mass is 16.5. The van der Waals surface area contributed by atoms with Gasteiger partial charge in [-0.1, -0.05) is 30.3 Å². The van der Waals surface area contributed by atoms with Crippen molar-refractivity contribution >= 4 is 17.5 Å².